The molecule has 0 aliphatic heterocycles. The van der Waals surface area contributed by atoms with Crippen molar-refractivity contribution in [3.05, 3.63) is 54.1 Å². The number of hydrogen-bond donors (Lipinski definition) is 1. The van der Waals surface area contributed by atoms with Crippen LogP contribution in [0, 0.1) is 5.82 Å². The Bertz CT molecular complexity index is 450. The van der Waals surface area contributed by atoms with Crippen LogP contribution >= 0.6 is 0 Å². The molecule has 2 rings (SSSR count). The van der Waals surface area contributed by atoms with Gasteiger partial charge >= 0.3 is 0 Å². The molecule has 3 heteroatoms. The summed E-state index contributed by atoms with van der Waals surface area (Å²) in [5, 5.41) is 8.75. The molecule has 0 radical (unpaired) electrons. The van der Waals surface area contributed by atoms with Gasteiger partial charge in [0.05, 0.1) is 0 Å². The van der Waals surface area contributed by atoms with Crippen molar-refractivity contribution in [1.82, 2.24) is 4.98 Å². The summed E-state index contributed by atoms with van der Waals surface area (Å²) in [5.41, 5.74) is 2.74. The number of aromatic nitrogens is 1. The topological polar surface area (TPSA) is 33.1 Å². The highest BCUT2D eigenvalue weighted by atomic mass is 19.1. The minimum Gasteiger partial charge on any atom is -0.396 e. The van der Waals surface area contributed by atoms with E-state index in [1.54, 1.807) is 18.3 Å². The first-order valence-electron chi connectivity index (χ1n) is 5.11. The zero-order valence-electron chi connectivity index (χ0n) is 8.73. The molecule has 0 aliphatic carbocycles. The number of aliphatic hydroxyl groups is 1. The highest BCUT2D eigenvalue weighted by Crippen LogP contribution is 2.18. The van der Waals surface area contributed by atoms with Gasteiger partial charge in [-0.2, -0.15) is 0 Å². The number of rotatable bonds is 3. The highest BCUT2D eigenvalue weighted by Gasteiger charge is 1.99. The van der Waals surface area contributed by atoms with Gasteiger partial charge in [-0.3, -0.25) is 4.98 Å². The van der Waals surface area contributed by atoms with Crippen LogP contribution in [-0.2, 0) is 6.42 Å². The van der Waals surface area contributed by atoms with Gasteiger partial charge < -0.3 is 5.11 Å². The minimum atomic E-state index is -0.242. The van der Waals surface area contributed by atoms with Crippen LogP contribution in [0.15, 0.2) is 42.6 Å². The maximum atomic E-state index is 12.7. The van der Waals surface area contributed by atoms with Crippen molar-refractivity contribution in [1.29, 1.82) is 0 Å². The van der Waals surface area contributed by atoms with Gasteiger partial charge in [-0.15, -0.1) is 0 Å². The maximum absolute atomic E-state index is 12.7. The summed E-state index contributed by atoms with van der Waals surface area (Å²) >= 11 is 0. The molecule has 2 aromatic rings. The van der Waals surface area contributed by atoms with Crippen molar-refractivity contribution < 1.29 is 9.50 Å². The van der Waals surface area contributed by atoms with Crippen LogP contribution in [0.4, 0.5) is 4.39 Å². The second-order valence-corrected chi connectivity index (χ2v) is 3.52. The third kappa shape index (κ3) is 2.44. The number of aliphatic hydroxyl groups excluding tert-OH is 1. The van der Waals surface area contributed by atoms with Gasteiger partial charge in [0.2, 0.25) is 0 Å². The Morgan fingerprint density at radius 1 is 1.00 bits per heavy atom. The number of nitrogens with zero attached hydrogens (tertiary/aromatic N) is 1. The van der Waals surface area contributed by atoms with E-state index < -0.39 is 0 Å². The number of benzene rings is 1. The van der Waals surface area contributed by atoms with Gasteiger partial charge in [0.25, 0.3) is 0 Å². The predicted octanol–water partition coefficient (Wildman–Crippen LogP) is 2.42. The van der Waals surface area contributed by atoms with E-state index in [9.17, 15) is 4.39 Å². The monoisotopic (exact) mass is 217 g/mol. The molecule has 16 heavy (non-hydrogen) atoms. The van der Waals surface area contributed by atoms with Crippen molar-refractivity contribution >= 4 is 0 Å². The average Bonchev–Trinajstić information content (AvgIpc) is 2.32. The molecule has 0 spiro atoms. The van der Waals surface area contributed by atoms with Gasteiger partial charge in [0, 0.05) is 30.5 Å². The molecule has 0 unspecified atom stereocenters. The molecular weight excluding hydrogens is 205 g/mol. The molecule has 1 aromatic heterocycles. The lowest BCUT2D eigenvalue weighted by Crippen LogP contribution is -1.93. The van der Waals surface area contributed by atoms with Gasteiger partial charge in [-0.25, -0.2) is 4.39 Å². The fourth-order valence-corrected chi connectivity index (χ4v) is 1.50. The second-order valence-electron chi connectivity index (χ2n) is 3.52. The second kappa shape index (κ2) is 4.86. The minimum absolute atomic E-state index is 0.100. The molecule has 0 bridgehead atoms. The number of halogens is 1. The molecular formula is C13H12FNO. The van der Waals surface area contributed by atoms with E-state index >= 15 is 0 Å². The molecule has 1 heterocycles. The highest BCUT2D eigenvalue weighted by molar-refractivity contribution is 5.62. The van der Waals surface area contributed by atoms with Crippen LogP contribution in [0.5, 0.6) is 0 Å². The Kier molecular flexibility index (Phi) is 3.27. The van der Waals surface area contributed by atoms with Crippen molar-refractivity contribution in [2.24, 2.45) is 0 Å². The molecule has 82 valence electrons. The molecule has 0 fully saturated rings. The van der Waals surface area contributed by atoms with Crippen molar-refractivity contribution in [3.8, 4) is 11.1 Å². The molecule has 0 saturated heterocycles. The zero-order valence-corrected chi connectivity index (χ0v) is 8.73. The van der Waals surface area contributed by atoms with E-state index in [0.29, 0.717) is 6.42 Å². The quantitative estimate of drug-likeness (QED) is 0.856. The van der Waals surface area contributed by atoms with E-state index in [0.717, 1.165) is 16.8 Å². The van der Waals surface area contributed by atoms with Crippen LogP contribution in [0.1, 0.15) is 5.69 Å². The first-order chi connectivity index (χ1) is 7.79. The first kappa shape index (κ1) is 10.8. The molecule has 0 aliphatic rings. The lowest BCUT2D eigenvalue weighted by molar-refractivity contribution is 0.298. The molecule has 0 atom stereocenters. The van der Waals surface area contributed by atoms with Gasteiger partial charge in [0.15, 0.2) is 0 Å². The summed E-state index contributed by atoms with van der Waals surface area (Å²) in [5.74, 6) is -0.242. The molecule has 1 aromatic carbocycles. The average molecular weight is 217 g/mol. The van der Waals surface area contributed by atoms with Crippen LogP contribution in [-0.4, -0.2) is 16.7 Å². The van der Waals surface area contributed by atoms with Crippen LogP contribution < -0.4 is 0 Å². The summed E-state index contributed by atoms with van der Waals surface area (Å²) in [6.45, 7) is 0.100. The smallest absolute Gasteiger partial charge is 0.123 e. The fraction of sp³-hybridized carbons (Fsp3) is 0.154. The number of pyridine rings is 1. The Hall–Kier alpha value is -1.74. The fourth-order valence-electron chi connectivity index (χ4n) is 1.50. The van der Waals surface area contributed by atoms with Crippen molar-refractivity contribution in [3.63, 3.8) is 0 Å². The van der Waals surface area contributed by atoms with E-state index in [1.807, 2.05) is 12.1 Å². The Morgan fingerprint density at radius 3 is 2.25 bits per heavy atom. The molecule has 0 amide bonds. The van der Waals surface area contributed by atoms with Crippen LogP contribution in [0.3, 0.4) is 0 Å². The Balaban J connectivity index is 2.24. The third-order valence-corrected chi connectivity index (χ3v) is 2.37. The SMILES string of the molecule is OCCc1ccc(-c2ccc(F)cc2)cn1. The van der Waals surface area contributed by atoms with Crippen LogP contribution in [0.25, 0.3) is 11.1 Å². The summed E-state index contributed by atoms with van der Waals surface area (Å²) in [6.07, 6.45) is 2.29. The third-order valence-electron chi connectivity index (χ3n) is 2.37. The largest absolute Gasteiger partial charge is 0.396 e. The van der Waals surface area contributed by atoms with Gasteiger partial charge in [-0.1, -0.05) is 18.2 Å². The van der Waals surface area contributed by atoms with Crippen LogP contribution in [0.2, 0.25) is 0 Å². The lowest BCUT2D eigenvalue weighted by atomic mass is 10.1. The first-order valence-corrected chi connectivity index (χ1v) is 5.11. The Morgan fingerprint density at radius 2 is 1.69 bits per heavy atom. The summed E-state index contributed by atoms with van der Waals surface area (Å²) in [7, 11) is 0. The van der Waals surface area contributed by atoms with Crippen molar-refractivity contribution in [2.75, 3.05) is 6.61 Å². The van der Waals surface area contributed by atoms with E-state index in [1.165, 1.54) is 12.1 Å². The van der Waals surface area contributed by atoms with Gasteiger partial charge in [0.1, 0.15) is 5.82 Å². The number of hydrogen-bond acceptors (Lipinski definition) is 2. The Labute approximate surface area is 93.4 Å². The summed E-state index contributed by atoms with van der Waals surface area (Å²) in [6, 6.07) is 10.1. The predicted molar refractivity (Wildman–Crippen MR) is 60.4 cm³/mol. The lowest BCUT2D eigenvalue weighted by Gasteiger charge is -2.02. The summed E-state index contributed by atoms with van der Waals surface area (Å²) in [4.78, 5) is 4.21. The van der Waals surface area contributed by atoms with E-state index in [-0.39, 0.29) is 12.4 Å². The standard InChI is InChI=1S/C13H12FNO/c14-12-4-1-10(2-5-12)11-3-6-13(7-8-16)15-9-11/h1-6,9,16H,7-8H2. The van der Waals surface area contributed by atoms with Crippen molar-refractivity contribution in [2.45, 2.75) is 6.42 Å². The maximum Gasteiger partial charge on any atom is 0.123 e. The molecule has 1 N–H and O–H groups in total. The van der Waals surface area contributed by atoms with E-state index in [2.05, 4.69) is 4.98 Å². The van der Waals surface area contributed by atoms with E-state index in [4.69, 9.17) is 5.11 Å². The summed E-state index contributed by atoms with van der Waals surface area (Å²) < 4.78 is 12.7. The molecule has 2 nitrogen and oxygen atoms in total. The zero-order chi connectivity index (χ0) is 11.4. The van der Waals surface area contributed by atoms with Gasteiger partial charge in [-0.05, 0) is 23.8 Å². The molecule has 0 saturated carbocycles. The normalized spacial score (nSPS) is 10.4.